The number of ether oxygens (including phenoxy) is 3. The molecule has 0 radical (unpaired) electrons. The molecule has 1 unspecified atom stereocenters. The predicted molar refractivity (Wildman–Crippen MR) is 134 cm³/mol. The summed E-state index contributed by atoms with van der Waals surface area (Å²) in [5.74, 6) is -0.0920. The first-order valence-corrected chi connectivity index (χ1v) is 12.4. The molecule has 0 aromatic heterocycles. The Hall–Kier alpha value is -3.30. The van der Waals surface area contributed by atoms with Crippen molar-refractivity contribution in [1.82, 2.24) is 9.80 Å². The van der Waals surface area contributed by atoms with Gasteiger partial charge in [0, 0.05) is 38.1 Å². The van der Waals surface area contributed by atoms with Crippen LogP contribution in [0.25, 0.3) is 0 Å². The zero-order valence-electron chi connectivity index (χ0n) is 20.9. The molecule has 2 aromatic rings. The first-order chi connectivity index (χ1) is 17.5. The van der Waals surface area contributed by atoms with E-state index in [4.69, 9.17) is 19.9 Å². The zero-order chi connectivity index (χ0) is 25.7. The van der Waals surface area contributed by atoms with Crippen LogP contribution in [0, 0.1) is 5.92 Å². The normalized spacial score (nSPS) is 20.9. The SMILES string of the molecule is CCCCN(CCN)C(=O)CN1CC(c2ccc3c(c2)OCO3)[C@H](C(=O)O)[C@H]1c1ccc(OC)cc1. The van der Waals surface area contributed by atoms with Gasteiger partial charge in [0.1, 0.15) is 5.75 Å². The molecule has 1 saturated heterocycles. The number of carbonyl (C=O) groups is 2. The molecule has 9 heteroatoms. The summed E-state index contributed by atoms with van der Waals surface area (Å²) in [6, 6.07) is 12.5. The molecule has 0 saturated carbocycles. The predicted octanol–water partition coefficient (Wildman–Crippen LogP) is 2.85. The van der Waals surface area contributed by atoms with Crippen LogP contribution in [0.15, 0.2) is 42.5 Å². The average molecular weight is 498 g/mol. The second-order valence-electron chi connectivity index (χ2n) is 9.25. The van der Waals surface area contributed by atoms with Gasteiger partial charge in [-0.15, -0.1) is 0 Å². The number of carboxylic acid groups (broad SMARTS) is 1. The standard InChI is InChI=1S/C27H35N3O6/c1-3-4-12-29(13-11-28)24(31)16-30-15-21(19-7-10-22-23(14-19)36-17-35-22)25(27(32)33)26(30)18-5-8-20(34-2)9-6-18/h5-10,14,21,25-26H,3-4,11-13,15-17,28H2,1-2H3,(H,32,33)/t21?,25-,26+/m0/s1. The van der Waals surface area contributed by atoms with Crippen LogP contribution in [0.5, 0.6) is 17.2 Å². The van der Waals surface area contributed by atoms with Gasteiger partial charge in [0.25, 0.3) is 0 Å². The summed E-state index contributed by atoms with van der Waals surface area (Å²) in [4.78, 5) is 29.9. The molecule has 2 aromatic carbocycles. The number of carbonyl (C=O) groups excluding carboxylic acids is 1. The molecule has 9 nitrogen and oxygen atoms in total. The summed E-state index contributed by atoms with van der Waals surface area (Å²) < 4.78 is 16.3. The highest BCUT2D eigenvalue weighted by molar-refractivity contribution is 5.79. The molecule has 1 amide bonds. The molecule has 36 heavy (non-hydrogen) atoms. The average Bonchev–Trinajstić information content (AvgIpc) is 3.50. The molecule has 0 bridgehead atoms. The number of fused-ring (bicyclic) bond motifs is 1. The molecule has 3 atom stereocenters. The van der Waals surface area contributed by atoms with Crippen LogP contribution in [0.2, 0.25) is 0 Å². The highest BCUT2D eigenvalue weighted by atomic mass is 16.7. The maximum Gasteiger partial charge on any atom is 0.309 e. The van der Waals surface area contributed by atoms with Gasteiger partial charge in [-0.05, 0) is 41.8 Å². The van der Waals surface area contributed by atoms with Gasteiger partial charge in [-0.1, -0.05) is 31.5 Å². The van der Waals surface area contributed by atoms with Gasteiger partial charge < -0.3 is 30.0 Å². The van der Waals surface area contributed by atoms with Gasteiger partial charge in [0.15, 0.2) is 11.5 Å². The minimum Gasteiger partial charge on any atom is -0.497 e. The van der Waals surface area contributed by atoms with Gasteiger partial charge in [-0.2, -0.15) is 0 Å². The fraction of sp³-hybridized carbons (Fsp3) is 0.481. The largest absolute Gasteiger partial charge is 0.497 e. The lowest BCUT2D eigenvalue weighted by atomic mass is 9.82. The number of hydrogen-bond acceptors (Lipinski definition) is 7. The van der Waals surface area contributed by atoms with Crippen LogP contribution < -0.4 is 19.9 Å². The van der Waals surface area contributed by atoms with E-state index in [9.17, 15) is 14.7 Å². The van der Waals surface area contributed by atoms with Crippen molar-refractivity contribution in [3.05, 3.63) is 53.6 Å². The topological polar surface area (TPSA) is 115 Å². The summed E-state index contributed by atoms with van der Waals surface area (Å²) >= 11 is 0. The summed E-state index contributed by atoms with van der Waals surface area (Å²) in [5.41, 5.74) is 7.46. The first-order valence-electron chi connectivity index (χ1n) is 12.4. The van der Waals surface area contributed by atoms with Crippen molar-refractivity contribution in [2.75, 3.05) is 46.6 Å². The van der Waals surface area contributed by atoms with Gasteiger partial charge >= 0.3 is 5.97 Å². The van der Waals surface area contributed by atoms with E-state index in [1.807, 2.05) is 47.4 Å². The van der Waals surface area contributed by atoms with E-state index in [-0.39, 0.29) is 25.2 Å². The van der Waals surface area contributed by atoms with Crippen molar-refractivity contribution >= 4 is 11.9 Å². The maximum atomic E-state index is 13.4. The Morgan fingerprint density at radius 2 is 1.83 bits per heavy atom. The molecule has 0 spiro atoms. The Morgan fingerprint density at radius 3 is 2.50 bits per heavy atom. The lowest BCUT2D eigenvalue weighted by molar-refractivity contribution is -0.143. The molecule has 0 aliphatic carbocycles. The van der Waals surface area contributed by atoms with E-state index < -0.39 is 17.9 Å². The van der Waals surface area contributed by atoms with E-state index in [1.54, 1.807) is 12.0 Å². The minimum atomic E-state index is -0.904. The highest BCUT2D eigenvalue weighted by Crippen LogP contribution is 2.47. The van der Waals surface area contributed by atoms with Crippen molar-refractivity contribution in [3.8, 4) is 17.2 Å². The zero-order valence-corrected chi connectivity index (χ0v) is 20.9. The number of amides is 1. The van der Waals surface area contributed by atoms with Crippen LogP contribution in [0.1, 0.15) is 42.9 Å². The third-order valence-electron chi connectivity index (χ3n) is 7.04. The third kappa shape index (κ3) is 5.42. The van der Waals surface area contributed by atoms with Crippen molar-refractivity contribution < 1.29 is 28.9 Å². The number of carboxylic acids is 1. The molecular weight excluding hydrogens is 462 g/mol. The molecule has 3 N–H and O–H groups in total. The second-order valence-corrected chi connectivity index (χ2v) is 9.25. The summed E-state index contributed by atoms with van der Waals surface area (Å²) in [6.07, 6.45) is 1.87. The minimum absolute atomic E-state index is 0.0390. The summed E-state index contributed by atoms with van der Waals surface area (Å²) in [6.45, 7) is 4.27. The molecule has 2 aliphatic rings. The fourth-order valence-corrected chi connectivity index (χ4v) is 5.21. The van der Waals surface area contributed by atoms with E-state index >= 15 is 0 Å². The number of unbranched alkanes of at least 4 members (excludes halogenated alkanes) is 1. The quantitative estimate of drug-likeness (QED) is 0.487. The van der Waals surface area contributed by atoms with Crippen molar-refractivity contribution in [2.45, 2.75) is 31.7 Å². The molecule has 4 rings (SSSR count). The Bertz CT molecular complexity index is 1060. The number of likely N-dealkylation sites (tertiary alicyclic amines) is 1. The second kappa shape index (κ2) is 11.6. The van der Waals surface area contributed by atoms with Crippen LogP contribution in [0.4, 0.5) is 0 Å². The van der Waals surface area contributed by atoms with Crippen molar-refractivity contribution in [3.63, 3.8) is 0 Å². The van der Waals surface area contributed by atoms with Gasteiger partial charge in [0.2, 0.25) is 12.7 Å². The number of rotatable bonds is 11. The molecule has 1 fully saturated rings. The van der Waals surface area contributed by atoms with Crippen LogP contribution in [-0.2, 0) is 9.59 Å². The molecular formula is C27H35N3O6. The highest BCUT2D eigenvalue weighted by Gasteiger charge is 2.48. The number of benzene rings is 2. The Labute approximate surface area is 211 Å². The van der Waals surface area contributed by atoms with Crippen LogP contribution in [-0.4, -0.2) is 73.4 Å². The van der Waals surface area contributed by atoms with Crippen LogP contribution in [0.3, 0.4) is 0 Å². The van der Waals surface area contributed by atoms with Crippen molar-refractivity contribution in [2.24, 2.45) is 11.7 Å². The van der Waals surface area contributed by atoms with Gasteiger partial charge in [-0.3, -0.25) is 14.5 Å². The first kappa shape index (κ1) is 25.8. The summed E-state index contributed by atoms with van der Waals surface area (Å²) in [7, 11) is 1.59. The van der Waals surface area contributed by atoms with E-state index in [1.165, 1.54) is 0 Å². The number of nitrogens with two attached hydrogens (primary N) is 1. The monoisotopic (exact) mass is 497 g/mol. The Kier molecular flexibility index (Phi) is 8.32. The lowest BCUT2D eigenvalue weighted by Gasteiger charge is -2.30. The Balaban J connectivity index is 1.68. The Morgan fingerprint density at radius 1 is 1.11 bits per heavy atom. The number of hydrogen-bond donors (Lipinski definition) is 2. The van der Waals surface area contributed by atoms with E-state index in [2.05, 4.69) is 6.92 Å². The third-order valence-corrected chi connectivity index (χ3v) is 7.04. The molecule has 2 heterocycles. The maximum absolute atomic E-state index is 13.4. The van der Waals surface area contributed by atoms with E-state index in [0.29, 0.717) is 43.4 Å². The van der Waals surface area contributed by atoms with Gasteiger partial charge in [0.05, 0.1) is 19.6 Å². The summed E-state index contributed by atoms with van der Waals surface area (Å²) in [5, 5.41) is 10.4. The smallest absolute Gasteiger partial charge is 0.309 e. The van der Waals surface area contributed by atoms with Crippen LogP contribution >= 0.6 is 0 Å². The number of methoxy groups -OCH3 is 1. The molecule has 194 valence electrons. The number of aliphatic carboxylic acids is 1. The molecule has 2 aliphatic heterocycles. The van der Waals surface area contributed by atoms with E-state index in [0.717, 1.165) is 24.0 Å². The lowest BCUT2D eigenvalue weighted by Crippen LogP contribution is -2.43. The van der Waals surface area contributed by atoms with Gasteiger partial charge in [-0.25, -0.2) is 0 Å². The van der Waals surface area contributed by atoms with Crippen molar-refractivity contribution in [1.29, 1.82) is 0 Å². The number of nitrogens with zero attached hydrogens (tertiary/aromatic N) is 2. The fourth-order valence-electron chi connectivity index (χ4n) is 5.21.